The highest BCUT2D eigenvalue weighted by atomic mass is 32.2. The molecule has 0 fully saturated rings. The zero-order valence-electron chi connectivity index (χ0n) is 23.7. The zero-order chi connectivity index (χ0) is 29.1. The summed E-state index contributed by atoms with van der Waals surface area (Å²) in [5.74, 6) is -1.09. The second-order valence-corrected chi connectivity index (χ2v) is 12.1. The van der Waals surface area contributed by atoms with Crippen LogP contribution in [-0.2, 0) is 24.2 Å². The van der Waals surface area contributed by atoms with Crippen molar-refractivity contribution in [1.29, 1.82) is 0 Å². The summed E-state index contributed by atoms with van der Waals surface area (Å²) >= 11 is 0. The van der Waals surface area contributed by atoms with E-state index in [0.29, 0.717) is 42.8 Å². The lowest BCUT2D eigenvalue weighted by Crippen LogP contribution is -2.29. The van der Waals surface area contributed by atoms with Gasteiger partial charge in [0.25, 0.3) is 5.91 Å². The van der Waals surface area contributed by atoms with Gasteiger partial charge < -0.3 is 19.9 Å². The normalized spacial score (nSPS) is 13.2. The number of carbonyl (C=O) groups is 3. The summed E-state index contributed by atoms with van der Waals surface area (Å²) in [6, 6.07) is 7.96. The van der Waals surface area contributed by atoms with Crippen LogP contribution < -0.4 is 15.1 Å². The number of nitrogens with zero attached hydrogens (tertiary/aromatic N) is 2. The Kier molecular flexibility index (Phi) is 9.22. The van der Waals surface area contributed by atoms with Crippen LogP contribution in [0.1, 0.15) is 61.0 Å². The maximum Gasteiger partial charge on any atom is 0.305 e. The number of sulfone groups is 1. The number of unbranched alkanes of at least 4 members (excludes halogenated alkanes) is 2. The zero-order valence-corrected chi connectivity index (χ0v) is 24.5. The van der Waals surface area contributed by atoms with Crippen molar-refractivity contribution in [3.05, 3.63) is 52.6 Å². The van der Waals surface area contributed by atoms with Gasteiger partial charge in [0, 0.05) is 74.8 Å². The van der Waals surface area contributed by atoms with Crippen LogP contribution in [0.2, 0.25) is 0 Å². The van der Waals surface area contributed by atoms with Crippen molar-refractivity contribution in [1.82, 2.24) is 5.32 Å². The van der Waals surface area contributed by atoms with E-state index in [-0.39, 0.29) is 43.9 Å². The number of ketones is 1. The van der Waals surface area contributed by atoms with Gasteiger partial charge in [0.2, 0.25) is 9.84 Å². The Labute approximate surface area is 230 Å². The third kappa shape index (κ3) is 6.16. The molecule has 10 heteroatoms. The van der Waals surface area contributed by atoms with E-state index in [0.717, 1.165) is 6.42 Å². The van der Waals surface area contributed by atoms with Crippen molar-refractivity contribution in [3.8, 4) is 0 Å². The monoisotopic (exact) mass is 555 g/mol. The lowest BCUT2D eigenvalue weighted by molar-refractivity contribution is -0.140. The van der Waals surface area contributed by atoms with Crippen LogP contribution >= 0.6 is 0 Å². The van der Waals surface area contributed by atoms with E-state index in [1.165, 1.54) is 25.3 Å². The number of methoxy groups -OCH3 is 1. The number of rotatable bonds is 10. The summed E-state index contributed by atoms with van der Waals surface area (Å²) in [6.45, 7) is 3.90. The summed E-state index contributed by atoms with van der Waals surface area (Å²) in [4.78, 5) is 42.0. The van der Waals surface area contributed by atoms with E-state index >= 15 is 0 Å². The molecule has 0 atom stereocenters. The molecule has 0 spiro atoms. The number of benzene rings is 2. The average Bonchev–Trinajstić information content (AvgIpc) is 2.88. The van der Waals surface area contributed by atoms with Gasteiger partial charge in [0.1, 0.15) is 0 Å². The Morgan fingerprint density at radius 1 is 0.897 bits per heavy atom. The van der Waals surface area contributed by atoms with Crippen LogP contribution in [0.25, 0.3) is 5.57 Å². The fraction of sp³-hybridized carbons (Fsp3) is 0.414. The van der Waals surface area contributed by atoms with Crippen molar-refractivity contribution >= 4 is 44.4 Å². The molecule has 0 unspecified atom stereocenters. The third-order valence-corrected chi connectivity index (χ3v) is 8.52. The Balaban J connectivity index is 2.06. The minimum atomic E-state index is -4.06. The van der Waals surface area contributed by atoms with Gasteiger partial charge in [-0.3, -0.25) is 14.4 Å². The molecule has 1 heterocycles. The number of anilines is 2. The number of amides is 1. The molecule has 0 aromatic heterocycles. The fourth-order valence-electron chi connectivity index (χ4n) is 4.54. The van der Waals surface area contributed by atoms with E-state index in [1.54, 1.807) is 64.0 Å². The average molecular weight is 556 g/mol. The van der Waals surface area contributed by atoms with Crippen molar-refractivity contribution in [2.75, 3.05) is 51.6 Å². The quantitative estimate of drug-likeness (QED) is 0.228. The van der Waals surface area contributed by atoms with Crippen molar-refractivity contribution in [2.24, 2.45) is 0 Å². The second-order valence-electron chi connectivity index (χ2n) is 10.2. The summed E-state index contributed by atoms with van der Waals surface area (Å²) in [7, 11) is 4.44. The van der Waals surface area contributed by atoms with Crippen molar-refractivity contribution in [2.45, 2.75) is 49.3 Å². The Morgan fingerprint density at radius 2 is 1.54 bits per heavy atom. The van der Waals surface area contributed by atoms with Gasteiger partial charge in [0.05, 0.1) is 16.9 Å². The molecule has 0 saturated carbocycles. The first-order valence-corrected chi connectivity index (χ1v) is 14.3. The van der Waals surface area contributed by atoms with Gasteiger partial charge in [-0.15, -0.1) is 0 Å². The van der Waals surface area contributed by atoms with Crippen molar-refractivity contribution < 1.29 is 27.5 Å². The van der Waals surface area contributed by atoms with Crippen LogP contribution in [0.3, 0.4) is 0 Å². The second kappa shape index (κ2) is 12.0. The van der Waals surface area contributed by atoms with Gasteiger partial charge in [-0.2, -0.15) is 0 Å². The molecule has 210 valence electrons. The molecule has 0 radical (unpaired) electrons. The SMILES string of the molecule is COC(=O)CCCCCNC(=O)C(=C(C)C)c1cc(N(C)C)cc2c1C(=O)c1ccc(N(C)C)cc1S2(=O)=O. The molecule has 0 aliphatic carbocycles. The molecule has 2 aromatic rings. The molecule has 3 rings (SSSR count). The molecule has 2 aromatic carbocycles. The molecule has 39 heavy (non-hydrogen) atoms. The minimum Gasteiger partial charge on any atom is -0.469 e. The number of ether oxygens (including phenoxy) is 1. The third-order valence-electron chi connectivity index (χ3n) is 6.70. The molecule has 1 N–H and O–H groups in total. The van der Waals surface area contributed by atoms with Gasteiger partial charge in [-0.25, -0.2) is 8.42 Å². The highest BCUT2D eigenvalue weighted by Crippen LogP contribution is 2.42. The molecule has 9 nitrogen and oxygen atoms in total. The maximum atomic E-state index is 13.9. The highest BCUT2D eigenvalue weighted by molar-refractivity contribution is 7.91. The number of hydrogen-bond donors (Lipinski definition) is 1. The number of nitrogens with one attached hydrogen (secondary N) is 1. The lowest BCUT2D eigenvalue weighted by atomic mass is 9.90. The molecular formula is C29H37N3O6S. The predicted octanol–water partition coefficient (Wildman–Crippen LogP) is 3.84. The van der Waals surface area contributed by atoms with Crippen LogP contribution in [-0.4, -0.2) is 67.9 Å². The van der Waals surface area contributed by atoms with Crippen LogP contribution in [0, 0.1) is 0 Å². The van der Waals surface area contributed by atoms with E-state index in [9.17, 15) is 22.8 Å². The van der Waals surface area contributed by atoms with E-state index in [4.69, 9.17) is 0 Å². The summed E-state index contributed by atoms with van der Waals surface area (Å²) in [5, 5.41) is 2.90. The number of carbonyl (C=O) groups excluding carboxylic acids is 3. The molecule has 0 bridgehead atoms. The molecule has 0 saturated heterocycles. The summed E-state index contributed by atoms with van der Waals surface area (Å²) in [5.41, 5.74) is 2.52. The van der Waals surface area contributed by atoms with Crippen LogP contribution in [0.4, 0.5) is 11.4 Å². The first kappa shape index (κ1) is 29.9. The van der Waals surface area contributed by atoms with Gasteiger partial charge in [0.15, 0.2) is 5.78 Å². The van der Waals surface area contributed by atoms with Gasteiger partial charge in [-0.05, 0) is 57.0 Å². The number of esters is 1. The number of allylic oxidation sites excluding steroid dienone is 1. The van der Waals surface area contributed by atoms with E-state index in [2.05, 4.69) is 10.1 Å². The molecule has 1 amide bonds. The minimum absolute atomic E-state index is 0.00938. The van der Waals surface area contributed by atoms with Crippen LogP contribution in [0.15, 0.2) is 45.7 Å². The van der Waals surface area contributed by atoms with E-state index in [1.807, 2.05) is 0 Å². The first-order chi connectivity index (χ1) is 18.3. The largest absolute Gasteiger partial charge is 0.469 e. The topological polar surface area (TPSA) is 113 Å². The standard InChI is InChI=1S/C29H37N3O6S/c1-18(2)26(29(35)30-14-10-8-9-11-25(33)38-7)22-15-20(32(5)6)17-24-27(22)28(34)21-13-12-19(31(3)4)16-23(21)39(24,36)37/h12-13,15-17H,8-11,14H2,1-7H3,(H,30,35). The van der Waals surface area contributed by atoms with Crippen molar-refractivity contribution in [3.63, 3.8) is 0 Å². The fourth-order valence-corrected chi connectivity index (χ4v) is 6.25. The van der Waals surface area contributed by atoms with Gasteiger partial charge in [-0.1, -0.05) is 12.0 Å². The summed E-state index contributed by atoms with van der Waals surface area (Å²) < 4.78 is 32.5. The Bertz CT molecular complexity index is 1440. The Morgan fingerprint density at radius 3 is 2.13 bits per heavy atom. The Hall–Kier alpha value is -3.66. The predicted molar refractivity (Wildman–Crippen MR) is 152 cm³/mol. The smallest absolute Gasteiger partial charge is 0.305 e. The molecular weight excluding hydrogens is 518 g/mol. The van der Waals surface area contributed by atoms with Crippen LogP contribution in [0.5, 0.6) is 0 Å². The number of hydrogen-bond acceptors (Lipinski definition) is 8. The number of fused-ring (bicyclic) bond motifs is 2. The lowest BCUT2D eigenvalue weighted by Gasteiger charge is -2.26. The molecule has 1 aliphatic rings. The summed E-state index contributed by atoms with van der Waals surface area (Å²) in [6.07, 6.45) is 2.36. The maximum absolute atomic E-state index is 13.9. The van der Waals surface area contributed by atoms with Gasteiger partial charge >= 0.3 is 5.97 Å². The highest BCUT2D eigenvalue weighted by Gasteiger charge is 2.39. The first-order valence-electron chi connectivity index (χ1n) is 12.8. The van der Waals surface area contributed by atoms with E-state index < -0.39 is 15.6 Å². The molecule has 1 aliphatic heterocycles.